The highest BCUT2D eigenvalue weighted by molar-refractivity contribution is 7.89. The van der Waals surface area contributed by atoms with Crippen LogP contribution in [-0.2, 0) is 14.8 Å². The number of nitrogens with zero attached hydrogens (tertiary/aromatic N) is 3. The summed E-state index contributed by atoms with van der Waals surface area (Å²) in [6, 6.07) is 2.98. The molecule has 0 atom stereocenters. The molecule has 0 aliphatic heterocycles. The van der Waals surface area contributed by atoms with Crippen LogP contribution in [0.25, 0.3) is 0 Å². The van der Waals surface area contributed by atoms with E-state index in [0.717, 1.165) is 4.31 Å². The molecule has 17 heavy (non-hydrogen) atoms. The maximum Gasteiger partial charge on any atom is 0.244 e. The Morgan fingerprint density at radius 3 is 2.47 bits per heavy atom. The lowest BCUT2D eigenvalue weighted by Gasteiger charge is -2.18. The lowest BCUT2D eigenvalue weighted by Crippen LogP contribution is -2.37. The number of rotatable bonds is 4. The molecule has 0 fully saturated rings. The number of carbonyl (C=O) groups is 1. The van der Waals surface area contributed by atoms with Crippen LogP contribution in [-0.4, -0.2) is 56.2 Å². The fraction of sp³-hybridized carbons (Fsp3) is 0.400. The lowest BCUT2D eigenvalue weighted by molar-refractivity contribution is -0.128. The minimum atomic E-state index is -3.64. The number of carbonyl (C=O) groups excluding carboxylic acids is 1. The maximum absolute atomic E-state index is 12.0. The van der Waals surface area contributed by atoms with E-state index in [9.17, 15) is 13.2 Å². The number of amides is 1. The van der Waals surface area contributed by atoms with Gasteiger partial charge in [-0.3, -0.25) is 9.78 Å². The van der Waals surface area contributed by atoms with Gasteiger partial charge >= 0.3 is 0 Å². The van der Waals surface area contributed by atoms with Gasteiger partial charge in [-0.2, -0.15) is 4.31 Å². The van der Waals surface area contributed by atoms with Crippen LogP contribution in [0.4, 0.5) is 0 Å². The van der Waals surface area contributed by atoms with E-state index >= 15 is 0 Å². The van der Waals surface area contributed by atoms with Crippen LogP contribution in [0.1, 0.15) is 0 Å². The topological polar surface area (TPSA) is 70.6 Å². The SMILES string of the molecule is CN(C)C(=O)CN(C)S(=O)(=O)c1cccnc1. The van der Waals surface area contributed by atoms with Crippen LogP contribution in [0, 0.1) is 0 Å². The summed E-state index contributed by atoms with van der Waals surface area (Å²) in [5.41, 5.74) is 0. The van der Waals surface area contributed by atoms with Gasteiger partial charge in [-0.25, -0.2) is 8.42 Å². The highest BCUT2D eigenvalue weighted by Crippen LogP contribution is 2.11. The number of sulfonamides is 1. The molecule has 1 amide bonds. The summed E-state index contributed by atoms with van der Waals surface area (Å²) >= 11 is 0. The first kappa shape index (κ1) is 13.6. The fourth-order valence-electron chi connectivity index (χ4n) is 1.10. The zero-order chi connectivity index (χ0) is 13.1. The summed E-state index contributed by atoms with van der Waals surface area (Å²) in [6.07, 6.45) is 2.75. The molecule has 1 aromatic rings. The van der Waals surface area contributed by atoms with Crippen LogP contribution in [0.15, 0.2) is 29.4 Å². The smallest absolute Gasteiger partial charge is 0.244 e. The van der Waals surface area contributed by atoms with Gasteiger partial charge in [-0.15, -0.1) is 0 Å². The van der Waals surface area contributed by atoms with E-state index in [-0.39, 0.29) is 17.3 Å². The van der Waals surface area contributed by atoms with E-state index < -0.39 is 10.0 Å². The van der Waals surface area contributed by atoms with E-state index in [1.54, 1.807) is 14.1 Å². The molecule has 0 saturated heterocycles. The number of aromatic nitrogens is 1. The van der Waals surface area contributed by atoms with Gasteiger partial charge in [0.15, 0.2) is 0 Å². The Morgan fingerprint density at radius 1 is 1.35 bits per heavy atom. The molecular weight excluding hydrogens is 242 g/mol. The summed E-state index contributed by atoms with van der Waals surface area (Å²) in [7, 11) is 0.873. The highest BCUT2D eigenvalue weighted by atomic mass is 32.2. The molecule has 0 aliphatic carbocycles. The Morgan fingerprint density at radius 2 is 2.00 bits per heavy atom. The van der Waals surface area contributed by atoms with Crippen molar-refractivity contribution in [3.8, 4) is 0 Å². The highest BCUT2D eigenvalue weighted by Gasteiger charge is 2.23. The molecule has 1 aromatic heterocycles. The zero-order valence-corrected chi connectivity index (χ0v) is 10.8. The number of pyridine rings is 1. The van der Waals surface area contributed by atoms with Crippen LogP contribution < -0.4 is 0 Å². The molecule has 1 heterocycles. The summed E-state index contributed by atoms with van der Waals surface area (Å²) in [5, 5.41) is 0. The second-order valence-electron chi connectivity index (χ2n) is 3.74. The molecule has 7 heteroatoms. The minimum absolute atomic E-state index is 0.0778. The molecular formula is C10H15N3O3S. The van der Waals surface area contributed by atoms with Crippen molar-refractivity contribution in [2.75, 3.05) is 27.7 Å². The van der Waals surface area contributed by atoms with Gasteiger partial charge in [0.05, 0.1) is 6.54 Å². The van der Waals surface area contributed by atoms with Crippen LogP contribution in [0.3, 0.4) is 0 Å². The van der Waals surface area contributed by atoms with E-state index in [1.807, 2.05) is 0 Å². The largest absolute Gasteiger partial charge is 0.348 e. The standard InChI is InChI=1S/C10H15N3O3S/c1-12(2)10(14)8-13(3)17(15,16)9-5-4-6-11-7-9/h4-7H,8H2,1-3H3. The monoisotopic (exact) mass is 257 g/mol. The molecule has 0 bridgehead atoms. The molecule has 0 saturated carbocycles. The van der Waals surface area contributed by atoms with Crippen molar-refractivity contribution in [3.63, 3.8) is 0 Å². The third-order valence-electron chi connectivity index (χ3n) is 2.20. The zero-order valence-electron chi connectivity index (χ0n) is 9.99. The predicted octanol–water partition coefficient (Wildman–Crippen LogP) is -0.210. The normalized spacial score (nSPS) is 11.5. The van der Waals surface area contributed by atoms with Gasteiger partial charge in [0.1, 0.15) is 4.90 Å². The molecule has 94 valence electrons. The van der Waals surface area contributed by atoms with Gasteiger partial charge in [-0.1, -0.05) is 0 Å². The molecule has 0 aliphatic rings. The van der Waals surface area contributed by atoms with Crippen molar-refractivity contribution in [1.82, 2.24) is 14.2 Å². The fourth-order valence-corrected chi connectivity index (χ4v) is 2.18. The van der Waals surface area contributed by atoms with Crippen molar-refractivity contribution in [1.29, 1.82) is 0 Å². The molecule has 0 radical (unpaired) electrons. The first-order chi connectivity index (χ1) is 7.85. The van der Waals surface area contributed by atoms with Gasteiger partial charge in [0.2, 0.25) is 15.9 Å². The molecule has 6 nitrogen and oxygen atoms in total. The molecule has 0 N–H and O–H groups in total. The average Bonchev–Trinajstić information content (AvgIpc) is 2.29. The van der Waals surface area contributed by atoms with Crippen LogP contribution in [0.2, 0.25) is 0 Å². The van der Waals surface area contributed by atoms with Gasteiger partial charge in [-0.05, 0) is 12.1 Å². The first-order valence-corrected chi connectivity index (χ1v) is 6.36. The van der Waals surface area contributed by atoms with Crippen molar-refractivity contribution in [3.05, 3.63) is 24.5 Å². The summed E-state index contributed by atoms with van der Waals surface area (Å²) in [5.74, 6) is -0.278. The Bertz CT molecular complexity index is 485. The Labute approximate surface area is 101 Å². The summed E-state index contributed by atoms with van der Waals surface area (Å²) in [4.78, 5) is 16.6. The Hall–Kier alpha value is -1.47. The quantitative estimate of drug-likeness (QED) is 0.748. The van der Waals surface area contributed by atoms with Crippen molar-refractivity contribution in [2.45, 2.75) is 4.90 Å². The minimum Gasteiger partial charge on any atom is -0.348 e. The van der Waals surface area contributed by atoms with E-state index in [1.165, 1.54) is 36.5 Å². The van der Waals surface area contributed by atoms with E-state index in [2.05, 4.69) is 4.98 Å². The average molecular weight is 257 g/mol. The molecule has 0 spiro atoms. The second-order valence-corrected chi connectivity index (χ2v) is 5.78. The number of likely N-dealkylation sites (N-methyl/N-ethyl adjacent to an activating group) is 2. The van der Waals surface area contributed by atoms with Gasteiger partial charge < -0.3 is 4.90 Å². The Kier molecular flexibility index (Phi) is 4.19. The summed E-state index contributed by atoms with van der Waals surface area (Å²) < 4.78 is 25.0. The molecule has 1 rings (SSSR count). The molecule has 0 aromatic carbocycles. The van der Waals surface area contributed by atoms with Crippen LogP contribution >= 0.6 is 0 Å². The number of hydrogen-bond acceptors (Lipinski definition) is 4. The Balaban J connectivity index is 2.89. The first-order valence-electron chi connectivity index (χ1n) is 4.92. The predicted molar refractivity (Wildman–Crippen MR) is 62.7 cm³/mol. The van der Waals surface area contributed by atoms with Crippen molar-refractivity contribution >= 4 is 15.9 Å². The van der Waals surface area contributed by atoms with E-state index in [0.29, 0.717) is 0 Å². The third kappa shape index (κ3) is 3.24. The lowest BCUT2D eigenvalue weighted by atomic mass is 10.5. The number of hydrogen-bond donors (Lipinski definition) is 0. The van der Waals surface area contributed by atoms with Gasteiger partial charge in [0.25, 0.3) is 0 Å². The molecule has 0 unspecified atom stereocenters. The second kappa shape index (κ2) is 5.24. The van der Waals surface area contributed by atoms with E-state index in [4.69, 9.17) is 0 Å². The third-order valence-corrected chi connectivity index (χ3v) is 3.99. The van der Waals surface area contributed by atoms with Gasteiger partial charge in [0, 0.05) is 33.5 Å². The maximum atomic E-state index is 12.0. The van der Waals surface area contributed by atoms with Crippen molar-refractivity contribution < 1.29 is 13.2 Å². The summed E-state index contributed by atoms with van der Waals surface area (Å²) in [6.45, 7) is -0.190. The van der Waals surface area contributed by atoms with Crippen LogP contribution in [0.5, 0.6) is 0 Å². The van der Waals surface area contributed by atoms with Crippen molar-refractivity contribution in [2.24, 2.45) is 0 Å².